The Bertz CT molecular complexity index is 165. The van der Waals surface area contributed by atoms with Crippen LogP contribution in [0.3, 0.4) is 0 Å². The van der Waals surface area contributed by atoms with Crippen molar-refractivity contribution in [3.8, 4) is 0 Å². The number of ketones is 1. The SMILES string of the molecule is CC12CCC(C)(CC1)C2=O. The van der Waals surface area contributed by atoms with Crippen molar-refractivity contribution in [3.05, 3.63) is 0 Å². The summed E-state index contributed by atoms with van der Waals surface area (Å²) in [6.45, 7) is 4.27. The Morgan fingerprint density at radius 2 is 1.30 bits per heavy atom. The van der Waals surface area contributed by atoms with Crippen LogP contribution in [0.15, 0.2) is 0 Å². The Morgan fingerprint density at radius 1 is 1.00 bits per heavy atom. The van der Waals surface area contributed by atoms with E-state index in [1.54, 1.807) is 0 Å². The number of carbonyl (C=O) groups is 1. The lowest BCUT2D eigenvalue weighted by atomic mass is 9.84. The topological polar surface area (TPSA) is 17.1 Å². The van der Waals surface area contributed by atoms with Gasteiger partial charge in [-0.3, -0.25) is 4.79 Å². The van der Waals surface area contributed by atoms with Gasteiger partial charge in [0.2, 0.25) is 0 Å². The van der Waals surface area contributed by atoms with Crippen LogP contribution in [0.1, 0.15) is 39.5 Å². The van der Waals surface area contributed by atoms with E-state index >= 15 is 0 Å². The monoisotopic (exact) mass is 138 g/mol. The average Bonchev–Trinajstić information content (AvgIpc) is 2.24. The summed E-state index contributed by atoms with van der Waals surface area (Å²) in [5.41, 5.74) is 0.184. The molecular weight excluding hydrogens is 124 g/mol. The van der Waals surface area contributed by atoms with Crippen molar-refractivity contribution in [2.45, 2.75) is 39.5 Å². The second kappa shape index (κ2) is 1.46. The van der Waals surface area contributed by atoms with E-state index < -0.39 is 0 Å². The molecule has 10 heavy (non-hydrogen) atoms. The van der Waals surface area contributed by atoms with E-state index in [4.69, 9.17) is 0 Å². The van der Waals surface area contributed by atoms with Crippen molar-refractivity contribution in [2.24, 2.45) is 10.8 Å². The molecule has 2 rings (SSSR count). The highest BCUT2D eigenvalue weighted by molar-refractivity contribution is 5.93. The zero-order chi connectivity index (χ0) is 7.41. The molecule has 2 aliphatic carbocycles. The van der Waals surface area contributed by atoms with Crippen molar-refractivity contribution >= 4 is 5.78 Å². The Labute approximate surface area is 61.8 Å². The van der Waals surface area contributed by atoms with Gasteiger partial charge in [-0.1, -0.05) is 13.8 Å². The van der Waals surface area contributed by atoms with Crippen molar-refractivity contribution in [2.75, 3.05) is 0 Å². The molecule has 56 valence electrons. The van der Waals surface area contributed by atoms with E-state index in [1.165, 1.54) is 0 Å². The maximum Gasteiger partial charge on any atom is 0.144 e. The second-order valence-electron chi connectivity index (χ2n) is 4.45. The van der Waals surface area contributed by atoms with Crippen LogP contribution in [0.25, 0.3) is 0 Å². The largest absolute Gasteiger partial charge is 0.298 e. The van der Waals surface area contributed by atoms with Gasteiger partial charge < -0.3 is 0 Å². The van der Waals surface area contributed by atoms with Crippen molar-refractivity contribution in [1.82, 2.24) is 0 Å². The number of rotatable bonds is 0. The minimum Gasteiger partial charge on any atom is -0.298 e. The smallest absolute Gasteiger partial charge is 0.144 e. The van der Waals surface area contributed by atoms with Gasteiger partial charge >= 0.3 is 0 Å². The summed E-state index contributed by atoms with van der Waals surface area (Å²) < 4.78 is 0. The fraction of sp³-hybridized carbons (Fsp3) is 0.889. The Hall–Kier alpha value is -0.330. The minimum atomic E-state index is 0.0920. The lowest BCUT2D eigenvalue weighted by Gasteiger charge is -2.19. The first-order valence-corrected chi connectivity index (χ1v) is 4.12. The molecule has 0 radical (unpaired) electrons. The molecule has 0 unspecified atom stereocenters. The average molecular weight is 138 g/mol. The van der Waals surface area contributed by atoms with E-state index in [-0.39, 0.29) is 10.8 Å². The molecule has 0 atom stereocenters. The van der Waals surface area contributed by atoms with Crippen LogP contribution in [0.5, 0.6) is 0 Å². The van der Waals surface area contributed by atoms with Gasteiger partial charge in [0.1, 0.15) is 5.78 Å². The summed E-state index contributed by atoms with van der Waals surface area (Å²) in [5.74, 6) is 0.542. The molecule has 0 N–H and O–H groups in total. The summed E-state index contributed by atoms with van der Waals surface area (Å²) in [6.07, 6.45) is 4.56. The molecule has 2 fully saturated rings. The number of carbonyl (C=O) groups excluding carboxylic acids is 1. The molecule has 2 bridgehead atoms. The highest BCUT2D eigenvalue weighted by Gasteiger charge is 2.56. The summed E-state index contributed by atoms with van der Waals surface area (Å²) in [5, 5.41) is 0. The fourth-order valence-electron chi connectivity index (χ4n) is 2.54. The maximum atomic E-state index is 11.6. The molecule has 2 saturated carbocycles. The summed E-state index contributed by atoms with van der Waals surface area (Å²) >= 11 is 0. The molecule has 0 heterocycles. The molecule has 0 aromatic carbocycles. The van der Waals surface area contributed by atoms with Gasteiger partial charge in [0.25, 0.3) is 0 Å². The molecule has 0 aromatic rings. The molecule has 1 heteroatoms. The number of fused-ring (bicyclic) bond motifs is 2. The normalized spacial score (nSPS) is 52.4. The van der Waals surface area contributed by atoms with Crippen LogP contribution in [0, 0.1) is 10.8 Å². The number of hydrogen-bond donors (Lipinski definition) is 0. The third-order valence-corrected chi connectivity index (χ3v) is 3.55. The highest BCUT2D eigenvalue weighted by Crippen LogP contribution is 2.57. The zero-order valence-corrected chi connectivity index (χ0v) is 6.74. The standard InChI is InChI=1S/C9H14O/c1-8-3-5-9(2,6-4-8)7(8)10/h3-6H2,1-2H3. The lowest BCUT2D eigenvalue weighted by molar-refractivity contribution is -0.128. The quantitative estimate of drug-likeness (QED) is 0.501. The Morgan fingerprint density at radius 3 is 1.40 bits per heavy atom. The highest BCUT2D eigenvalue weighted by atomic mass is 16.1. The molecule has 1 nitrogen and oxygen atoms in total. The molecule has 0 amide bonds. The lowest BCUT2D eigenvalue weighted by Crippen LogP contribution is -2.21. The number of Topliss-reactive ketones (excluding diaryl/α,β-unsaturated/α-hetero) is 1. The van der Waals surface area contributed by atoms with Crippen molar-refractivity contribution in [3.63, 3.8) is 0 Å². The van der Waals surface area contributed by atoms with Gasteiger partial charge in [-0.25, -0.2) is 0 Å². The second-order valence-corrected chi connectivity index (χ2v) is 4.45. The maximum absolute atomic E-state index is 11.6. The molecule has 0 saturated heterocycles. The van der Waals surface area contributed by atoms with E-state index in [1.807, 2.05) is 0 Å². The molecule has 0 aromatic heterocycles. The first-order chi connectivity index (χ1) is 4.57. The summed E-state index contributed by atoms with van der Waals surface area (Å²) in [4.78, 5) is 11.6. The van der Waals surface area contributed by atoms with Crippen LogP contribution >= 0.6 is 0 Å². The zero-order valence-electron chi connectivity index (χ0n) is 6.74. The van der Waals surface area contributed by atoms with Gasteiger partial charge in [-0.15, -0.1) is 0 Å². The summed E-state index contributed by atoms with van der Waals surface area (Å²) in [7, 11) is 0. The molecule has 0 spiro atoms. The first-order valence-electron chi connectivity index (χ1n) is 4.12. The molecule has 2 aliphatic rings. The van der Waals surface area contributed by atoms with Gasteiger partial charge in [0.15, 0.2) is 0 Å². The third-order valence-electron chi connectivity index (χ3n) is 3.55. The molecular formula is C9H14O. The third kappa shape index (κ3) is 0.518. The van der Waals surface area contributed by atoms with E-state index in [9.17, 15) is 4.79 Å². The van der Waals surface area contributed by atoms with E-state index in [2.05, 4.69) is 13.8 Å². The van der Waals surface area contributed by atoms with Gasteiger partial charge in [-0.05, 0) is 25.7 Å². The first kappa shape index (κ1) is 6.38. The van der Waals surface area contributed by atoms with Crippen molar-refractivity contribution in [1.29, 1.82) is 0 Å². The van der Waals surface area contributed by atoms with Gasteiger partial charge in [0.05, 0.1) is 0 Å². The summed E-state index contributed by atoms with van der Waals surface area (Å²) in [6, 6.07) is 0. The van der Waals surface area contributed by atoms with Crippen molar-refractivity contribution < 1.29 is 4.79 Å². The van der Waals surface area contributed by atoms with Crippen LogP contribution in [-0.2, 0) is 4.79 Å². The Balaban J connectivity index is 2.43. The van der Waals surface area contributed by atoms with Gasteiger partial charge in [0, 0.05) is 10.8 Å². The van der Waals surface area contributed by atoms with Crippen LogP contribution in [-0.4, -0.2) is 5.78 Å². The number of hydrogen-bond acceptors (Lipinski definition) is 1. The fourth-order valence-corrected chi connectivity index (χ4v) is 2.54. The van der Waals surface area contributed by atoms with Crippen LogP contribution < -0.4 is 0 Å². The minimum absolute atomic E-state index is 0.0920. The van der Waals surface area contributed by atoms with E-state index in [0.717, 1.165) is 25.7 Å². The van der Waals surface area contributed by atoms with Crippen LogP contribution in [0.4, 0.5) is 0 Å². The predicted octanol–water partition coefficient (Wildman–Crippen LogP) is 2.16. The Kier molecular flexibility index (Phi) is 0.934. The van der Waals surface area contributed by atoms with E-state index in [0.29, 0.717) is 5.78 Å². The predicted molar refractivity (Wildman–Crippen MR) is 39.7 cm³/mol. The van der Waals surface area contributed by atoms with Crippen LogP contribution in [0.2, 0.25) is 0 Å². The van der Waals surface area contributed by atoms with Gasteiger partial charge in [-0.2, -0.15) is 0 Å². The molecule has 0 aliphatic heterocycles.